The first kappa shape index (κ1) is 13.1. The molecule has 1 aromatic rings. The Hall–Kier alpha value is -1.93. The van der Waals surface area contributed by atoms with Gasteiger partial charge in [0.1, 0.15) is 0 Å². The molecule has 3 heterocycles. The Morgan fingerprint density at radius 2 is 2.10 bits per heavy atom. The van der Waals surface area contributed by atoms with Crippen LogP contribution in [0.15, 0.2) is 17.2 Å². The molecule has 0 aromatic carbocycles. The molecule has 104 valence electrons. The van der Waals surface area contributed by atoms with Crippen molar-refractivity contribution in [3.05, 3.63) is 22.9 Å². The minimum atomic E-state index is -0.373. The van der Waals surface area contributed by atoms with Crippen molar-refractivity contribution in [2.75, 3.05) is 31.1 Å². The molecule has 2 N–H and O–H groups in total. The minimum Gasteiger partial charge on any atom is -0.338 e. The normalized spacial score (nSPS) is 21.4. The Morgan fingerprint density at radius 3 is 2.80 bits per heavy atom. The van der Waals surface area contributed by atoms with E-state index < -0.39 is 0 Å². The highest BCUT2D eigenvalue weighted by Gasteiger charge is 2.25. The molecule has 2 fully saturated rings. The van der Waals surface area contributed by atoms with Crippen LogP contribution in [0.5, 0.6) is 0 Å². The fraction of sp³-hybridized carbons (Fsp3) is 0.333. The highest BCUT2D eigenvalue weighted by atomic mass is 32.2. The average Bonchev–Trinajstić information content (AvgIpc) is 2.78. The molecule has 2 aliphatic rings. The number of rotatable bonds is 2. The standard InChI is InChI=1S/C12H13N5O2S/c18-10-9(20-12(19)16-10)7-8-1-2-14-11(15-8)17-5-3-13-4-6-17/h1-2,7,13H,3-6H2,(H,16,18,19)/b9-7-. The summed E-state index contributed by atoms with van der Waals surface area (Å²) in [6, 6.07) is 1.72. The third kappa shape index (κ3) is 2.81. The predicted octanol–water partition coefficient (Wildman–Crippen LogP) is 0.210. The average molecular weight is 291 g/mol. The van der Waals surface area contributed by atoms with Gasteiger partial charge in [-0.3, -0.25) is 14.9 Å². The Morgan fingerprint density at radius 1 is 1.30 bits per heavy atom. The summed E-state index contributed by atoms with van der Waals surface area (Å²) in [6.45, 7) is 3.52. The summed E-state index contributed by atoms with van der Waals surface area (Å²) in [7, 11) is 0. The lowest BCUT2D eigenvalue weighted by atomic mass is 10.3. The van der Waals surface area contributed by atoms with Gasteiger partial charge in [-0.15, -0.1) is 0 Å². The maximum Gasteiger partial charge on any atom is 0.290 e. The maximum absolute atomic E-state index is 11.5. The summed E-state index contributed by atoms with van der Waals surface area (Å²) < 4.78 is 0. The zero-order valence-corrected chi connectivity index (χ0v) is 11.4. The molecule has 0 aliphatic carbocycles. The molecule has 0 bridgehead atoms. The van der Waals surface area contributed by atoms with Gasteiger partial charge in [0.2, 0.25) is 5.95 Å². The highest BCUT2D eigenvalue weighted by Crippen LogP contribution is 2.25. The van der Waals surface area contributed by atoms with E-state index in [1.807, 2.05) is 0 Å². The molecule has 1 aromatic heterocycles. The molecule has 0 spiro atoms. The molecule has 0 atom stereocenters. The van der Waals surface area contributed by atoms with Crippen LogP contribution in [0.25, 0.3) is 6.08 Å². The molecule has 0 saturated carbocycles. The van der Waals surface area contributed by atoms with E-state index in [1.54, 1.807) is 18.3 Å². The summed E-state index contributed by atoms with van der Waals surface area (Å²) in [4.78, 5) is 33.7. The Kier molecular flexibility index (Phi) is 3.66. The van der Waals surface area contributed by atoms with Gasteiger partial charge in [0.05, 0.1) is 10.6 Å². The summed E-state index contributed by atoms with van der Waals surface area (Å²) in [5.74, 6) is 0.276. The van der Waals surface area contributed by atoms with Gasteiger partial charge in [0, 0.05) is 32.4 Å². The fourth-order valence-corrected chi connectivity index (χ4v) is 2.68. The van der Waals surface area contributed by atoms with Crippen molar-refractivity contribution in [3.63, 3.8) is 0 Å². The highest BCUT2D eigenvalue weighted by molar-refractivity contribution is 8.18. The number of thioether (sulfide) groups is 1. The summed E-state index contributed by atoms with van der Waals surface area (Å²) >= 11 is 0.887. The molecule has 8 heteroatoms. The van der Waals surface area contributed by atoms with Crippen LogP contribution in [0.3, 0.4) is 0 Å². The predicted molar refractivity (Wildman–Crippen MR) is 76.2 cm³/mol. The smallest absolute Gasteiger partial charge is 0.290 e. The maximum atomic E-state index is 11.5. The fourth-order valence-electron chi connectivity index (χ4n) is 2.01. The van der Waals surface area contributed by atoms with Crippen LogP contribution in [-0.2, 0) is 4.79 Å². The zero-order chi connectivity index (χ0) is 13.9. The third-order valence-electron chi connectivity index (χ3n) is 2.99. The number of hydrogen-bond donors (Lipinski definition) is 2. The largest absolute Gasteiger partial charge is 0.338 e. The molecular weight excluding hydrogens is 278 g/mol. The molecule has 2 aliphatic heterocycles. The SMILES string of the molecule is O=C1NC(=O)/C(=C/c2ccnc(N3CCNCC3)n2)S1. The van der Waals surface area contributed by atoms with Crippen LogP contribution in [0.4, 0.5) is 10.7 Å². The number of amides is 2. The van der Waals surface area contributed by atoms with Crippen LogP contribution in [0.1, 0.15) is 5.69 Å². The van der Waals surface area contributed by atoms with E-state index in [0.717, 1.165) is 37.9 Å². The van der Waals surface area contributed by atoms with E-state index in [-0.39, 0.29) is 11.1 Å². The first-order valence-corrected chi connectivity index (χ1v) is 7.07. The number of anilines is 1. The number of nitrogens with one attached hydrogen (secondary N) is 2. The number of imide groups is 1. The quantitative estimate of drug-likeness (QED) is 0.753. The van der Waals surface area contributed by atoms with Gasteiger partial charge in [-0.05, 0) is 23.9 Å². The van der Waals surface area contributed by atoms with Gasteiger partial charge < -0.3 is 10.2 Å². The van der Waals surface area contributed by atoms with Crippen LogP contribution in [0.2, 0.25) is 0 Å². The van der Waals surface area contributed by atoms with Crippen LogP contribution in [-0.4, -0.2) is 47.3 Å². The number of piperazine rings is 1. The monoisotopic (exact) mass is 291 g/mol. The molecule has 0 radical (unpaired) electrons. The van der Waals surface area contributed by atoms with Crippen molar-refractivity contribution in [2.24, 2.45) is 0 Å². The lowest BCUT2D eigenvalue weighted by molar-refractivity contribution is -0.115. The van der Waals surface area contributed by atoms with Crippen molar-refractivity contribution < 1.29 is 9.59 Å². The molecule has 7 nitrogen and oxygen atoms in total. The van der Waals surface area contributed by atoms with E-state index in [9.17, 15) is 9.59 Å². The van der Waals surface area contributed by atoms with Crippen LogP contribution < -0.4 is 15.5 Å². The Balaban J connectivity index is 1.82. The van der Waals surface area contributed by atoms with Crippen LogP contribution >= 0.6 is 11.8 Å². The van der Waals surface area contributed by atoms with Crippen LogP contribution in [0, 0.1) is 0 Å². The van der Waals surface area contributed by atoms with Gasteiger partial charge in [-0.2, -0.15) is 0 Å². The molecular formula is C12H13N5O2S. The summed E-state index contributed by atoms with van der Waals surface area (Å²) in [5, 5.41) is 5.14. The molecule has 20 heavy (non-hydrogen) atoms. The van der Waals surface area contributed by atoms with Gasteiger partial charge in [-0.25, -0.2) is 9.97 Å². The number of hydrogen-bond acceptors (Lipinski definition) is 7. The lowest BCUT2D eigenvalue weighted by Gasteiger charge is -2.27. The van der Waals surface area contributed by atoms with Crippen molar-refractivity contribution >= 4 is 34.9 Å². The third-order valence-corrected chi connectivity index (χ3v) is 3.80. The van der Waals surface area contributed by atoms with Gasteiger partial charge in [0.25, 0.3) is 11.1 Å². The lowest BCUT2D eigenvalue weighted by Crippen LogP contribution is -2.44. The van der Waals surface area contributed by atoms with Crippen molar-refractivity contribution in [1.29, 1.82) is 0 Å². The second kappa shape index (κ2) is 5.59. The zero-order valence-electron chi connectivity index (χ0n) is 10.6. The number of carbonyl (C=O) groups excluding carboxylic acids is 2. The first-order valence-electron chi connectivity index (χ1n) is 6.26. The summed E-state index contributed by atoms with van der Waals surface area (Å²) in [5.41, 5.74) is 0.626. The number of nitrogens with zero attached hydrogens (tertiary/aromatic N) is 3. The Labute approximate surface area is 119 Å². The number of aromatic nitrogens is 2. The Bertz CT molecular complexity index is 583. The van der Waals surface area contributed by atoms with Crippen molar-refractivity contribution in [2.45, 2.75) is 0 Å². The van der Waals surface area contributed by atoms with E-state index in [0.29, 0.717) is 16.5 Å². The minimum absolute atomic E-state index is 0.349. The van der Waals surface area contributed by atoms with E-state index in [4.69, 9.17) is 0 Å². The second-order valence-corrected chi connectivity index (χ2v) is 5.39. The van der Waals surface area contributed by atoms with E-state index in [2.05, 4.69) is 25.5 Å². The van der Waals surface area contributed by atoms with Crippen molar-refractivity contribution in [1.82, 2.24) is 20.6 Å². The second-order valence-electron chi connectivity index (χ2n) is 4.37. The molecule has 2 saturated heterocycles. The topological polar surface area (TPSA) is 87.2 Å². The summed E-state index contributed by atoms with van der Waals surface area (Å²) in [6.07, 6.45) is 3.27. The number of carbonyl (C=O) groups is 2. The van der Waals surface area contributed by atoms with Gasteiger partial charge >= 0.3 is 0 Å². The van der Waals surface area contributed by atoms with E-state index >= 15 is 0 Å². The molecule has 2 amide bonds. The van der Waals surface area contributed by atoms with Gasteiger partial charge in [0.15, 0.2) is 0 Å². The van der Waals surface area contributed by atoms with Crippen molar-refractivity contribution in [3.8, 4) is 0 Å². The van der Waals surface area contributed by atoms with Gasteiger partial charge in [-0.1, -0.05) is 0 Å². The molecule has 3 rings (SSSR count). The molecule has 0 unspecified atom stereocenters. The first-order chi connectivity index (χ1) is 9.72. The van der Waals surface area contributed by atoms with E-state index in [1.165, 1.54) is 0 Å².